The van der Waals surface area contributed by atoms with Crippen LogP contribution in [0.5, 0.6) is 0 Å². The average molecular weight is 258 g/mol. The standard InChI is InChI=1S/C15H18N2S/c18-15-13(5-3-9-16-15)8-11-17-10-7-12-4-1-2-6-14(12)17/h1-2,4,6-7,10,13H,3,5,8-9,11H2,(H,16,18). The highest BCUT2D eigenvalue weighted by Gasteiger charge is 2.18. The number of aryl methyl sites for hydroxylation is 1. The second kappa shape index (κ2) is 5.11. The fourth-order valence-electron chi connectivity index (χ4n) is 2.74. The molecule has 1 fully saturated rings. The molecule has 1 unspecified atom stereocenters. The molecule has 2 nitrogen and oxygen atoms in total. The van der Waals surface area contributed by atoms with Crippen molar-refractivity contribution >= 4 is 28.1 Å². The fraction of sp³-hybridized carbons (Fsp3) is 0.400. The van der Waals surface area contributed by atoms with Crippen LogP contribution in [0.4, 0.5) is 0 Å². The number of benzene rings is 1. The third-order valence-corrected chi connectivity index (χ3v) is 4.28. The second-order valence-electron chi connectivity index (χ2n) is 4.99. The Bertz CT molecular complexity index is 558. The number of hydrogen-bond acceptors (Lipinski definition) is 1. The first-order chi connectivity index (χ1) is 8.84. The minimum absolute atomic E-state index is 0.565. The molecule has 1 atom stereocenters. The molecule has 18 heavy (non-hydrogen) atoms. The van der Waals surface area contributed by atoms with Gasteiger partial charge in [0.2, 0.25) is 0 Å². The lowest BCUT2D eigenvalue weighted by Gasteiger charge is -2.24. The van der Waals surface area contributed by atoms with Crippen molar-refractivity contribution in [2.45, 2.75) is 25.8 Å². The minimum atomic E-state index is 0.565. The van der Waals surface area contributed by atoms with Crippen molar-refractivity contribution in [1.82, 2.24) is 9.88 Å². The van der Waals surface area contributed by atoms with Crippen LogP contribution < -0.4 is 5.32 Å². The quantitative estimate of drug-likeness (QED) is 0.850. The Morgan fingerprint density at radius 3 is 3.06 bits per heavy atom. The number of thiocarbonyl (C=S) groups is 1. The van der Waals surface area contributed by atoms with Gasteiger partial charge in [-0.1, -0.05) is 30.4 Å². The van der Waals surface area contributed by atoms with Crippen molar-refractivity contribution < 1.29 is 0 Å². The highest BCUT2D eigenvalue weighted by atomic mass is 32.1. The molecule has 1 saturated heterocycles. The lowest BCUT2D eigenvalue weighted by atomic mass is 9.96. The summed E-state index contributed by atoms with van der Waals surface area (Å²) in [6, 6.07) is 10.7. The molecule has 2 aromatic rings. The molecule has 3 heteroatoms. The highest BCUT2D eigenvalue weighted by Crippen LogP contribution is 2.20. The van der Waals surface area contributed by atoms with E-state index in [1.54, 1.807) is 0 Å². The van der Waals surface area contributed by atoms with Gasteiger partial charge in [-0.05, 0) is 36.8 Å². The number of nitrogens with one attached hydrogen (secondary N) is 1. The normalized spacial score (nSPS) is 20.0. The Balaban J connectivity index is 1.71. The van der Waals surface area contributed by atoms with Crippen LogP contribution in [0, 0.1) is 5.92 Å². The number of aromatic nitrogens is 1. The van der Waals surface area contributed by atoms with E-state index in [9.17, 15) is 0 Å². The van der Waals surface area contributed by atoms with E-state index in [2.05, 4.69) is 46.4 Å². The SMILES string of the molecule is S=C1NCCCC1CCn1ccc2ccccc21. The monoisotopic (exact) mass is 258 g/mol. The van der Waals surface area contributed by atoms with Crippen LogP contribution in [-0.2, 0) is 6.54 Å². The lowest BCUT2D eigenvalue weighted by molar-refractivity contribution is 0.474. The van der Waals surface area contributed by atoms with E-state index < -0.39 is 0 Å². The predicted molar refractivity (Wildman–Crippen MR) is 79.9 cm³/mol. The Morgan fingerprint density at radius 1 is 1.28 bits per heavy atom. The van der Waals surface area contributed by atoms with E-state index >= 15 is 0 Å². The maximum Gasteiger partial charge on any atom is 0.0785 e. The Hall–Kier alpha value is -1.35. The maximum atomic E-state index is 5.40. The molecule has 94 valence electrons. The number of piperidine rings is 1. The largest absolute Gasteiger partial charge is 0.379 e. The number of hydrogen-bond donors (Lipinski definition) is 1. The summed E-state index contributed by atoms with van der Waals surface area (Å²) in [4.78, 5) is 1.07. The molecular formula is C15H18N2S. The van der Waals surface area contributed by atoms with Crippen LogP contribution in [0.2, 0.25) is 0 Å². The van der Waals surface area contributed by atoms with Crippen LogP contribution in [0.25, 0.3) is 10.9 Å². The van der Waals surface area contributed by atoms with Crippen molar-refractivity contribution in [2.24, 2.45) is 5.92 Å². The zero-order chi connectivity index (χ0) is 12.4. The zero-order valence-corrected chi connectivity index (χ0v) is 11.2. The summed E-state index contributed by atoms with van der Waals surface area (Å²) in [5, 5.41) is 4.64. The van der Waals surface area contributed by atoms with Crippen molar-refractivity contribution in [3.8, 4) is 0 Å². The number of nitrogens with zero attached hydrogens (tertiary/aromatic N) is 1. The summed E-state index contributed by atoms with van der Waals surface area (Å²) in [6.45, 7) is 2.11. The molecule has 0 radical (unpaired) electrons. The second-order valence-corrected chi connectivity index (χ2v) is 5.43. The molecule has 1 N–H and O–H groups in total. The summed E-state index contributed by atoms with van der Waals surface area (Å²) < 4.78 is 2.34. The molecule has 1 aromatic heterocycles. The number of para-hydroxylation sites is 1. The molecule has 1 aliphatic rings. The van der Waals surface area contributed by atoms with Crippen LogP contribution >= 0.6 is 12.2 Å². The molecule has 0 bridgehead atoms. The summed E-state index contributed by atoms with van der Waals surface area (Å²) in [5.74, 6) is 0.565. The maximum absolute atomic E-state index is 5.40. The summed E-state index contributed by atoms with van der Waals surface area (Å²) >= 11 is 5.40. The fourth-order valence-corrected chi connectivity index (χ4v) is 3.08. The summed E-state index contributed by atoms with van der Waals surface area (Å²) in [5.41, 5.74) is 1.33. The van der Waals surface area contributed by atoms with Gasteiger partial charge in [0.05, 0.1) is 4.99 Å². The van der Waals surface area contributed by atoms with Gasteiger partial charge >= 0.3 is 0 Å². The topological polar surface area (TPSA) is 17.0 Å². The molecule has 1 aliphatic heterocycles. The molecule has 0 amide bonds. The van der Waals surface area contributed by atoms with Gasteiger partial charge in [-0.15, -0.1) is 0 Å². The first kappa shape index (κ1) is 11.7. The third-order valence-electron chi connectivity index (χ3n) is 3.80. The van der Waals surface area contributed by atoms with Crippen LogP contribution in [0.15, 0.2) is 36.5 Å². The zero-order valence-electron chi connectivity index (χ0n) is 10.4. The minimum Gasteiger partial charge on any atom is -0.379 e. The van der Waals surface area contributed by atoms with Crippen molar-refractivity contribution in [1.29, 1.82) is 0 Å². The van der Waals surface area contributed by atoms with E-state index in [1.807, 2.05) is 0 Å². The van der Waals surface area contributed by atoms with Gasteiger partial charge in [0, 0.05) is 30.7 Å². The van der Waals surface area contributed by atoms with Gasteiger partial charge < -0.3 is 9.88 Å². The molecule has 2 heterocycles. The van der Waals surface area contributed by atoms with E-state index in [-0.39, 0.29) is 0 Å². The van der Waals surface area contributed by atoms with Crippen molar-refractivity contribution in [2.75, 3.05) is 6.54 Å². The number of rotatable bonds is 3. The predicted octanol–water partition coefficient (Wildman–Crippen LogP) is 3.36. The van der Waals surface area contributed by atoms with Crippen LogP contribution in [-0.4, -0.2) is 16.1 Å². The van der Waals surface area contributed by atoms with Gasteiger partial charge in [-0.2, -0.15) is 0 Å². The smallest absolute Gasteiger partial charge is 0.0785 e. The van der Waals surface area contributed by atoms with E-state index in [0.717, 1.165) is 24.5 Å². The molecule has 3 rings (SSSR count). The third kappa shape index (κ3) is 2.27. The number of fused-ring (bicyclic) bond motifs is 1. The van der Waals surface area contributed by atoms with Gasteiger partial charge in [0.25, 0.3) is 0 Å². The van der Waals surface area contributed by atoms with Crippen molar-refractivity contribution in [3.63, 3.8) is 0 Å². The molecule has 0 spiro atoms. The van der Waals surface area contributed by atoms with Crippen LogP contribution in [0.1, 0.15) is 19.3 Å². The van der Waals surface area contributed by atoms with E-state index in [1.165, 1.54) is 23.7 Å². The summed E-state index contributed by atoms with van der Waals surface area (Å²) in [6.07, 6.45) is 5.82. The molecular weight excluding hydrogens is 240 g/mol. The van der Waals surface area contributed by atoms with Gasteiger partial charge in [0.15, 0.2) is 0 Å². The highest BCUT2D eigenvalue weighted by molar-refractivity contribution is 7.80. The Kier molecular flexibility index (Phi) is 3.33. The molecule has 0 saturated carbocycles. The van der Waals surface area contributed by atoms with Crippen molar-refractivity contribution in [3.05, 3.63) is 36.5 Å². The van der Waals surface area contributed by atoms with E-state index in [0.29, 0.717) is 5.92 Å². The van der Waals surface area contributed by atoms with Gasteiger partial charge in [-0.25, -0.2) is 0 Å². The lowest BCUT2D eigenvalue weighted by Crippen LogP contribution is -2.35. The van der Waals surface area contributed by atoms with E-state index in [4.69, 9.17) is 12.2 Å². The first-order valence-corrected chi connectivity index (χ1v) is 7.07. The molecule has 0 aliphatic carbocycles. The first-order valence-electron chi connectivity index (χ1n) is 6.66. The average Bonchev–Trinajstić information content (AvgIpc) is 2.81. The Morgan fingerprint density at radius 2 is 2.17 bits per heavy atom. The molecule has 1 aromatic carbocycles. The summed E-state index contributed by atoms with van der Waals surface area (Å²) in [7, 11) is 0. The Labute approximate surface area is 113 Å². The van der Waals surface area contributed by atoms with Gasteiger partial charge in [0.1, 0.15) is 0 Å². The van der Waals surface area contributed by atoms with Crippen LogP contribution in [0.3, 0.4) is 0 Å². The van der Waals surface area contributed by atoms with Gasteiger partial charge in [-0.3, -0.25) is 0 Å².